The van der Waals surface area contributed by atoms with Gasteiger partial charge in [-0.3, -0.25) is 4.79 Å². The number of rotatable bonds is 3. The van der Waals surface area contributed by atoms with Gasteiger partial charge in [-0.2, -0.15) is 0 Å². The van der Waals surface area contributed by atoms with E-state index >= 15 is 0 Å². The molecule has 13 heavy (non-hydrogen) atoms. The van der Waals surface area contributed by atoms with Crippen LogP contribution in [0.3, 0.4) is 0 Å². The summed E-state index contributed by atoms with van der Waals surface area (Å²) in [7, 11) is 3.72. The average molecular weight is 179 g/mol. The maximum atomic E-state index is 11.4. The van der Waals surface area contributed by atoms with Crippen LogP contribution in [0.1, 0.15) is 16.1 Å². The summed E-state index contributed by atoms with van der Waals surface area (Å²) in [6, 6.07) is 1.77. The molecule has 0 spiro atoms. The lowest BCUT2D eigenvalue weighted by atomic mass is 10.2. The highest BCUT2D eigenvalue weighted by molar-refractivity contribution is 6.03. The maximum absolute atomic E-state index is 11.4. The second-order valence-corrected chi connectivity index (χ2v) is 3.08. The van der Waals surface area contributed by atoms with Crippen molar-refractivity contribution in [2.24, 2.45) is 0 Å². The minimum absolute atomic E-state index is 0.101. The van der Waals surface area contributed by atoms with Gasteiger partial charge < -0.3 is 9.32 Å². The van der Waals surface area contributed by atoms with Gasteiger partial charge >= 0.3 is 0 Å². The zero-order valence-corrected chi connectivity index (χ0v) is 8.07. The molecule has 0 amide bonds. The Hall–Kier alpha value is -1.51. The number of aryl methyl sites for hydroxylation is 1. The van der Waals surface area contributed by atoms with Crippen molar-refractivity contribution in [2.75, 3.05) is 14.1 Å². The second-order valence-electron chi connectivity index (χ2n) is 3.08. The fraction of sp³-hybridized carbons (Fsp3) is 0.300. The number of allylic oxidation sites excluding steroid dienone is 1. The van der Waals surface area contributed by atoms with Crippen LogP contribution in [0, 0.1) is 6.92 Å². The largest absolute Gasteiger partial charge is 0.461 e. The summed E-state index contributed by atoms with van der Waals surface area (Å²) in [5.41, 5.74) is 0.869. The molecule has 0 saturated carbocycles. The first kappa shape index (κ1) is 9.58. The molecule has 0 aliphatic rings. The standard InChI is InChI=1S/C10H13NO2/c1-8-5-7-13-10(8)9(12)4-6-11(2)3/h4-7H,1-3H3. The van der Waals surface area contributed by atoms with E-state index in [1.807, 2.05) is 21.0 Å². The molecule has 1 heterocycles. The molecule has 70 valence electrons. The number of carbonyl (C=O) groups is 1. The minimum Gasteiger partial charge on any atom is -0.461 e. The van der Waals surface area contributed by atoms with Crippen LogP contribution in [0.15, 0.2) is 29.0 Å². The Morgan fingerprint density at radius 3 is 2.69 bits per heavy atom. The molecule has 0 unspecified atom stereocenters. The molecule has 3 nitrogen and oxygen atoms in total. The van der Waals surface area contributed by atoms with Gasteiger partial charge in [-0.05, 0) is 18.6 Å². The lowest BCUT2D eigenvalue weighted by molar-refractivity contribution is 0.102. The molecule has 1 rings (SSSR count). The average Bonchev–Trinajstić information content (AvgIpc) is 2.47. The van der Waals surface area contributed by atoms with Crippen molar-refractivity contribution in [3.63, 3.8) is 0 Å². The van der Waals surface area contributed by atoms with Crippen molar-refractivity contribution in [1.29, 1.82) is 0 Å². The van der Waals surface area contributed by atoms with Crippen LogP contribution in [0.5, 0.6) is 0 Å². The third kappa shape index (κ3) is 2.47. The fourth-order valence-corrected chi connectivity index (χ4v) is 0.918. The number of nitrogens with zero attached hydrogens (tertiary/aromatic N) is 1. The first-order valence-corrected chi connectivity index (χ1v) is 4.04. The molecule has 0 radical (unpaired) electrons. The maximum Gasteiger partial charge on any atom is 0.222 e. The SMILES string of the molecule is Cc1ccoc1C(=O)C=CN(C)C. The Balaban J connectivity index is 2.75. The molecule has 3 heteroatoms. The number of hydrogen-bond donors (Lipinski definition) is 0. The monoisotopic (exact) mass is 179 g/mol. The van der Waals surface area contributed by atoms with Gasteiger partial charge in [-0.15, -0.1) is 0 Å². The van der Waals surface area contributed by atoms with Crippen molar-refractivity contribution in [3.8, 4) is 0 Å². The van der Waals surface area contributed by atoms with Gasteiger partial charge in [0.15, 0.2) is 5.76 Å². The molecule has 0 saturated heterocycles. The molecule has 0 aromatic carbocycles. The van der Waals surface area contributed by atoms with Gasteiger partial charge in [0.2, 0.25) is 5.78 Å². The fourth-order valence-electron chi connectivity index (χ4n) is 0.918. The predicted molar refractivity (Wildman–Crippen MR) is 50.6 cm³/mol. The highest BCUT2D eigenvalue weighted by atomic mass is 16.3. The molecular weight excluding hydrogens is 166 g/mol. The molecule has 0 fully saturated rings. The lowest BCUT2D eigenvalue weighted by Gasteiger charge is -2.01. The number of hydrogen-bond acceptors (Lipinski definition) is 3. The van der Waals surface area contributed by atoms with Crippen molar-refractivity contribution in [3.05, 3.63) is 35.9 Å². The lowest BCUT2D eigenvalue weighted by Crippen LogP contribution is -2.03. The van der Waals surface area contributed by atoms with Gasteiger partial charge in [0.25, 0.3) is 0 Å². The van der Waals surface area contributed by atoms with Gasteiger partial charge in [0.05, 0.1) is 6.26 Å². The van der Waals surface area contributed by atoms with E-state index in [4.69, 9.17) is 4.42 Å². The first-order chi connectivity index (χ1) is 6.11. The van der Waals surface area contributed by atoms with E-state index in [1.54, 1.807) is 17.2 Å². The van der Waals surface area contributed by atoms with E-state index in [-0.39, 0.29) is 5.78 Å². The molecule has 0 aliphatic heterocycles. The zero-order chi connectivity index (χ0) is 9.84. The molecular formula is C10H13NO2. The van der Waals surface area contributed by atoms with E-state index in [1.165, 1.54) is 12.3 Å². The summed E-state index contributed by atoms with van der Waals surface area (Å²) >= 11 is 0. The van der Waals surface area contributed by atoms with Crippen LogP contribution in [0.4, 0.5) is 0 Å². The van der Waals surface area contributed by atoms with Gasteiger partial charge in [-0.25, -0.2) is 0 Å². The molecule has 0 N–H and O–H groups in total. The first-order valence-electron chi connectivity index (χ1n) is 4.04. The molecule has 0 atom stereocenters. The van der Waals surface area contributed by atoms with Crippen molar-refractivity contribution < 1.29 is 9.21 Å². The summed E-state index contributed by atoms with van der Waals surface area (Å²) < 4.78 is 5.04. The van der Waals surface area contributed by atoms with Crippen LogP contribution in [0.2, 0.25) is 0 Å². The van der Waals surface area contributed by atoms with Crippen LogP contribution >= 0.6 is 0 Å². The smallest absolute Gasteiger partial charge is 0.222 e. The predicted octanol–water partition coefficient (Wildman–Crippen LogP) is 1.85. The Bertz CT molecular complexity index is 323. The topological polar surface area (TPSA) is 33.5 Å². The summed E-state index contributed by atoms with van der Waals surface area (Å²) in [5.74, 6) is 0.314. The third-order valence-corrected chi connectivity index (χ3v) is 1.61. The molecule has 1 aromatic heterocycles. The molecule has 1 aromatic rings. The van der Waals surface area contributed by atoms with Crippen molar-refractivity contribution in [2.45, 2.75) is 6.92 Å². The van der Waals surface area contributed by atoms with Crippen molar-refractivity contribution in [1.82, 2.24) is 4.90 Å². The molecule has 0 bridgehead atoms. The Morgan fingerprint density at radius 1 is 1.54 bits per heavy atom. The summed E-state index contributed by atoms with van der Waals surface area (Å²) in [4.78, 5) is 13.2. The number of carbonyl (C=O) groups excluding carboxylic acids is 1. The molecule has 0 aliphatic carbocycles. The van der Waals surface area contributed by atoms with Gasteiger partial charge in [-0.1, -0.05) is 0 Å². The zero-order valence-electron chi connectivity index (χ0n) is 8.07. The van der Waals surface area contributed by atoms with Crippen LogP contribution in [-0.2, 0) is 0 Å². The van der Waals surface area contributed by atoms with Gasteiger partial charge in [0, 0.05) is 26.4 Å². The quantitative estimate of drug-likeness (QED) is 0.524. The highest BCUT2D eigenvalue weighted by Crippen LogP contribution is 2.09. The second kappa shape index (κ2) is 3.94. The van der Waals surface area contributed by atoms with Crippen LogP contribution < -0.4 is 0 Å². The minimum atomic E-state index is -0.101. The normalized spacial score (nSPS) is 10.7. The van der Waals surface area contributed by atoms with Gasteiger partial charge in [0.1, 0.15) is 0 Å². The third-order valence-electron chi connectivity index (χ3n) is 1.61. The van der Waals surface area contributed by atoms with Crippen molar-refractivity contribution >= 4 is 5.78 Å². The Morgan fingerprint density at radius 2 is 2.23 bits per heavy atom. The van der Waals surface area contributed by atoms with E-state index in [9.17, 15) is 4.79 Å². The highest BCUT2D eigenvalue weighted by Gasteiger charge is 2.08. The van der Waals surface area contributed by atoms with Crippen LogP contribution in [0.25, 0.3) is 0 Å². The number of furan rings is 1. The van der Waals surface area contributed by atoms with Crippen LogP contribution in [-0.4, -0.2) is 24.8 Å². The summed E-state index contributed by atoms with van der Waals surface area (Å²) in [6.45, 7) is 1.85. The van der Waals surface area contributed by atoms with E-state index in [0.717, 1.165) is 5.56 Å². The summed E-state index contributed by atoms with van der Waals surface area (Å²) in [5, 5.41) is 0. The number of ketones is 1. The Labute approximate surface area is 77.6 Å². The van der Waals surface area contributed by atoms with E-state index in [2.05, 4.69) is 0 Å². The van der Waals surface area contributed by atoms with E-state index < -0.39 is 0 Å². The van der Waals surface area contributed by atoms with E-state index in [0.29, 0.717) is 5.76 Å². The summed E-state index contributed by atoms with van der Waals surface area (Å²) in [6.07, 6.45) is 4.71. The Kier molecular flexibility index (Phi) is 2.90.